The van der Waals surface area contributed by atoms with Crippen LogP contribution in [0.5, 0.6) is 5.75 Å². The molecule has 1 unspecified atom stereocenters. The van der Waals surface area contributed by atoms with Crippen molar-refractivity contribution in [3.63, 3.8) is 0 Å². The highest BCUT2D eigenvalue weighted by atomic mass is 16.6. The zero-order chi connectivity index (χ0) is 29.7. The monoisotopic (exact) mass is 567 g/mol. The summed E-state index contributed by atoms with van der Waals surface area (Å²) in [4.78, 5) is 23.4. The molecule has 42 heavy (non-hydrogen) atoms. The summed E-state index contributed by atoms with van der Waals surface area (Å²) >= 11 is 0. The van der Waals surface area contributed by atoms with Crippen LogP contribution in [0.3, 0.4) is 0 Å². The summed E-state index contributed by atoms with van der Waals surface area (Å²) in [6.45, 7) is 5.46. The average molecular weight is 568 g/mol. The number of amides is 1. The van der Waals surface area contributed by atoms with E-state index in [1.165, 1.54) is 0 Å². The first-order valence-corrected chi connectivity index (χ1v) is 13.7. The maximum atomic E-state index is 11.9. The van der Waals surface area contributed by atoms with Crippen molar-refractivity contribution in [3.8, 4) is 16.9 Å². The number of carbonyl (C=O) groups excluding carboxylic acids is 1. The molecule has 0 aliphatic rings. The van der Waals surface area contributed by atoms with E-state index in [1.54, 1.807) is 20.8 Å². The number of benzene rings is 4. The molecule has 0 saturated heterocycles. The summed E-state index contributed by atoms with van der Waals surface area (Å²) in [7, 11) is 0. The van der Waals surface area contributed by atoms with Crippen LogP contribution in [-0.4, -0.2) is 35.4 Å². The van der Waals surface area contributed by atoms with Gasteiger partial charge in [-0.05, 0) is 61.7 Å². The van der Waals surface area contributed by atoms with E-state index in [0.717, 1.165) is 44.2 Å². The Hall–Kier alpha value is -4.82. The summed E-state index contributed by atoms with van der Waals surface area (Å²) in [5.74, 6) is -0.513. The van der Waals surface area contributed by atoms with Crippen molar-refractivity contribution in [3.05, 3.63) is 102 Å². The van der Waals surface area contributed by atoms with Crippen LogP contribution >= 0.6 is 0 Å². The number of rotatable bonds is 10. The van der Waals surface area contributed by atoms with Gasteiger partial charge in [0.15, 0.2) is 6.04 Å². The van der Waals surface area contributed by atoms with Gasteiger partial charge in [-0.25, -0.2) is 9.59 Å². The molecule has 216 valence electrons. The van der Waals surface area contributed by atoms with Crippen molar-refractivity contribution < 1.29 is 33.3 Å². The van der Waals surface area contributed by atoms with Gasteiger partial charge in [-0.1, -0.05) is 66.7 Å². The zero-order valence-electron chi connectivity index (χ0n) is 23.8. The Labute approximate surface area is 243 Å². The molecule has 1 atom stereocenters. The molecule has 0 saturated carbocycles. The highest BCUT2D eigenvalue weighted by molar-refractivity contribution is 6.09. The Morgan fingerprint density at radius 3 is 2.36 bits per heavy atom. The lowest BCUT2D eigenvalue weighted by atomic mass is 10.0. The normalized spacial score (nSPS) is 12.3. The molecule has 0 aliphatic carbocycles. The van der Waals surface area contributed by atoms with Gasteiger partial charge in [-0.3, -0.25) is 0 Å². The molecule has 2 N–H and O–H groups in total. The second-order valence-corrected chi connectivity index (χ2v) is 11.0. The number of nitrogens with one attached hydrogen (secondary N) is 1. The van der Waals surface area contributed by atoms with Crippen LogP contribution in [0.1, 0.15) is 31.9 Å². The van der Waals surface area contributed by atoms with Gasteiger partial charge in [0.05, 0.1) is 13.2 Å². The highest BCUT2D eigenvalue weighted by Gasteiger charge is 2.24. The molecule has 8 nitrogen and oxygen atoms in total. The fourth-order valence-corrected chi connectivity index (χ4v) is 4.57. The minimum Gasteiger partial charge on any atom is -0.489 e. The lowest BCUT2D eigenvalue weighted by Gasteiger charge is -2.22. The summed E-state index contributed by atoms with van der Waals surface area (Å²) in [6, 6.07) is 28.6. The maximum Gasteiger partial charge on any atom is 0.408 e. The molecular weight excluding hydrogens is 534 g/mol. The smallest absolute Gasteiger partial charge is 0.408 e. The molecule has 8 heteroatoms. The van der Waals surface area contributed by atoms with Gasteiger partial charge in [-0.15, -0.1) is 0 Å². The number of hydrogen-bond donors (Lipinski definition) is 2. The summed E-state index contributed by atoms with van der Waals surface area (Å²) in [5.41, 5.74) is 4.94. The van der Waals surface area contributed by atoms with Gasteiger partial charge in [0.25, 0.3) is 0 Å². The third kappa shape index (κ3) is 7.08. The van der Waals surface area contributed by atoms with E-state index < -0.39 is 23.7 Å². The second-order valence-electron chi connectivity index (χ2n) is 11.0. The van der Waals surface area contributed by atoms with Gasteiger partial charge in [0.1, 0.15) is 29.1 Å². The number of ether oxygens (including phenoxy) is 3. The van der Waals surface area contributed by atoms with E-state index in [2.05, 4.69) is 35.6 Å². The minimum absolute atomic E-state index is 0.176. The number of furan rings is 1. The van der Waals surface area contributed by atoms with Gasteiger partial charge in [0.2, 0.25) is 0 Å². The van der Waals surface area contributed by atoms with Crippen molar-refractivity contribution in [1.82, 2.24) is 5.32 Å². The molecule has 4 aromatic carbocycles. The quantitative estimate of drug-likeness (QED) is 0.182. The lowest BCUT2D eigenvalue weighted by Crippen LogP contribution is -2.46. The summed E-state index contributed by atoms with van der Waals surface area (Å²) < 4.78 is 22.9. The van der Waals surface area contributed by atoms with Gasteiger partial charge >= 0.3 is 12.1 Å². The van der Waals surface area contributed by atoms with Crippen LogP contribution in [0.4, 0.5) is 4.79 Å². The van der Waals surface area contributed by atoms with Crippen molar-refractivity contribution in [2.45, 2.75) is 45.6 Å². The minimum atomic E-state index is -1.22. The van der Waals surface area contributed by atoms with E-state index in [4.69, 9.17) is 18.6 Å². The molecular formula is C34H33NO7. The standard InChI is InChI=1S/C34H33NO7/c1-34(2,3)42-33(38)35-29(32(36)37)21-39-19-22-14-16-25(17-15-22)40-20-23-8-6-9-24(18-23)26-11-7-12-28-27-10-4-5-13-30(27)41-31(26)28/h4-18,29H,19-21H2,1-3H3,(H,35,38)(H,36,37). The number of carboxylic acid groups (broad SMARTS) is 1. The Bertz CT molecular complexity index is 1700. The zero-order valence-corrected chi connectivity index (χ0v) is 23.8. The first-order valence-electron chi connectivity index (χ1n) is 13.7. The van der Waals surface area contributed by atoms with E-state index in [-0.39, 0.29) is 13.2 Å². The van der Waals surface area contributed by atoms with Crippen LogP contribution in [0.25, 0.3) is 33.1 Å². The van der Waals surface area contributed by atoms with Crippen LogP contribution in [0.15, 0.2) is 95.4 Å². The van der Waals surface area contributed by atoms with Crippen LogP contribution < -0.4 is 10.1 Å². The van der Waals surface area contributed by atoms with E-state index >= 15 is 0 Å². The van der Waals surface area contributed by atoms with E-state index in [1.807, 2.05) is 60.7 Å². The van der Waals surface area contributed by atoms with Crippen LogP contribution in [0, 0.1) is 0 Å². The predicted octanol–water partition coefficient (Wildman–Crippen LogP) is 7.33. The average Bonchev–Trinajstić information content (AvgIpc) is 3.34. The number of fused-ring (bicyclic) bond motifs is 3. The lowest BCUT2D eigenvalue weighted by molar-refractivity contribution is -0.141. The van der Waals surface area contributed by atoms with Crippen LogP contribution in [0.2, 0.25) is 0 Å². The number of carboxylic acids is 1. The number of para-hydroxylation sites is 2. The van der Waals surface area contributed by atoms with Gasteiger partial charge in [-0.2, -0.15) is 0 Å². The Morgan fingerprint density at radius 1 is 0.857 bits per heavy atom. The second kappa shape index (κ2) is 12.4. The molecule has 5 aromatic rings. The van der Waals surface area contributed by atoms with Gasteiger partial charge in [0, 0.05) is 16.3 Å². The van der Waals surface area contributed by atoms with Crippen molar-refractivity contribution >= 4 is 34.0 Å². The molecule has 0 radical (unpaired) electrons. The van der Waals surface area contributed by atoms with Crippen molar-refractivity contribution in [2.24, 2.45) is 0 Å². The van der Waals surface area contributed by atoms with Gasteiger partial charge < -0.3 is 29.1 Å². The molecule has 0 fully saturated rings. The SMILES string of the molecule is CC(C)(C)OC(=O)NC(COCc1ccc(OCc2cccc(-c3cccc4c3oc3ccccc34)c2)cc1)C(=O)O. The molecule has 1 aromatic heterocycles. The molecule has 1 amide bonds. The fraction of sp³-hybridized carbons (Fsp3) is 0.235. The summed E-state index contributed by atoms with van der Waals surface area (Å²) in [5, 5.41) is 13.9. The predicted molar refractivity (Wildman–Crippen MR) is 160 cm³/mol. The highest BCUT2D eigenvalue weighted by Crippen LogP contribution is 2.35. The largest absolute Gasteiger partial charge is 0.489 e. The van der Waals surface area contributed by atoms with Crippen molar-refractivity contribution in [2.75, 3.05) is 6.61 Å². The molecule has 5 rings (SSSR count). The van der Waals surface area contributed by atoms with Crippen molar-refractivity contribution in [1.29, 1.82) is 0 Å². The van der Waals surface area contributed by atoms with E-state index in [0.29, 0.717) is 12.4 Å². The number of carbonyl (C=O) groups is 2. The molecule has 1 heterocycles. The first-order chi connectivity index (χ1) is 20.2. The third-order valence-corrected chi connectivity index (χ3v) is 6.51. The number of aliphatic carboxylic acids is 1. The molecule has 0 aliphatic heterocycles. The maximum absolute atomic E-state index is 11.9. The van der Waals surface area contributed by atoms with E-state index in [9.17, 15) is 14.7 Å². The topological polar surface area (TPSA) is 107 Å². The summed E-state index contributed by atoms with van der Waals surface area (Å²) in [6.07, 6.45) is -0.808. The third-order valence-electron chi connectivity index (χ3n) is 6.51. The Morgan fingerprint density at radius 2 is 1.60 bits per heavy atom. The molecule has 0 spiro atoms. The molecule has 0 bridgehead atoms. The fourth-order valence-electron chi connectivity index (χ4n) is 4.57. The Balaban J connectivity index is 1.17. The Kier molecular flexibility index (Phi) is 8.45. The van der Waals surface area contributed by atoms with Crippen LogP contribution in [-0.2, 0) is 27.5 Å². The number of hydrogen-bond acceptors (Lipinski definition) is 6. The first kappa shape index (κ1) is 28.7. The number of alkyl carbamates (subject to hydrolysis) is 1.